The molecule has 0 N–H and O–H groups in total. The Balaban J connectivity index is 1.75. The van der Waals surface area contributed by atoms with Crippen LogP contribution in [0.1, 0.15) is 28.7 Å². The van der Waals surface area contributed by atoms with Crippen molar-refractivity contribution in [3.05, 3.63) is 47.4 Å². The van der Waals surface area contributed by atoms with Gasteiger partial charge in [-0.15, -0.1) is 0 Å². The quantitative estimate of drug-likeness (QED) is 0.847. The highest BCUT2D eigenvalue weighted by molar-refractivity contribution is 5.96. The molecule has 1 fully saturated rings. The first kappa shape index (κ1) is 18.0. The van der Waals surface area contributed by atoms with E-state index in [4.69, 9.17) is 4.74 Å². The Kier molecular flexibility index (Phi) is 5.25. The molecule has 0 unspecified atom stereocenters. The number of nitrogens with zero attached hydrogens (tertiary/aromatic N) is 4. The Labute approximate surface area is 153 Å². The summed E-state index contributed by atoms with van der Waals surface area (Å²) in [7, 11) is 0. The van der Waals surface area contributed by atoms with Crippen molar-refractivity contribution >= 4 is 12.0 Å². The van der Waals surface area contributed by atoms with Gasteiger partial charge in [0.25, 0.3) is 5.91 Å². The molecule has 26 heavy (non-hydrogen) atoms. The van der Waals surface area contributed by atoms with Gasteiger partial charge in [0.15, 0.2) is 0 Å². The van der Waals surface area contributed by atoms with Crippen molar-refractivity contribution in [3.63, 3.8) is 0 Å². The third-order valence-corrected chi connectivity index (χ3v) is 4.63. The molecule has 0 bridgehead atoms. The second-order valence-electron chi connectivity index (χ2n) is 6.29. The normalized spacial score (nSPS) is 14.4. The summed E-state index contributed by atoms with van der Waals surface area (Å²) >= 11 is 0. The SMILES string of the molecule is CCOC(=O)N1CCN(C(=O)c2cc(C)n(-c3ccccn3)c2C)CC1. The number of aryl methyl sites for hydroxylation is 1. The molecule has 2 aromatic heterocycles. The summed E-state index contributed by atoms with van der Waals surface area (Å²) in [4.78, 5) is 32.6. The molecule has 1 aliphatic heterocycles. The predicted octanol–water partition coefficient (Wildman–Crippen LogP) is 2.40. The van der Waals surface area contributed by atoms with E-state index in [9.17, 15) is 9.59 Å². The Morgan fingerprint density at radius 2 is 1.81 bits per heavy atom. The second kappa shape index (κ2) is 7.59. The fourth-order valence-corrected chi connectivity index (χ4v) is 3.30. The first-order chi connectivity index (χ1) is 12.5. The number of hydrogen-bond acceptors (Lipinski definition) is 4. The van der Waals surface area contributed by atoms with E-state index < -0.39 is 0 Å². The van der Waals surface area contributed by atoms with Gasteiger partial charge in [-0.1, -0.05) is 6.07 Å². The number of pyridine rings is 1. The van der Waals surface area contributed by atoms with Crippen LogP contribution in [0.3, 0.4) is 0 Å². The lowest BCUT2D eigenvalue weighted by atomic mass is 10.2. The van der Waals surface area contributed by atoms with Gasteiger partial charge in [-0.25, -0.2) is 9.78 Å². The van der Waals surface area contributed by atoms with Gasteiger partial charge in [0, 0.05) is 43.8 Å². The van der Waals surface area contributed by atoms with Gasteiger partial charge in [-0.3, -0.25) is 4.79 Å². The zero-order chi connectivity index (χ0) is 18.7. The van der Waals surface area contributed by atoms with E-state index in [1.165, 1.54) is 0 Å². The van der Waals surface area contributed by atoms with E-state index in [2.05, 4.69) is 4.98 Å². The lowest BCUT2D eigenvalue weighted by Crippen LogP contribution is -2.50. The first-order valence-electron chi connectivity index (χ1n) is 8.84. The van der Waals surface area contributed by atoms with Crippen LogP contribution >= 0.6 is 0 Å². The van der Waals surface area contributed by atoms with E-state index in [1.807, 2.05) is 42.7 Å². The van der Waals surface area contributed by atoms with Crippen LogP contribution in [0, 0.1) is 13.8 Å². The molecule has 0 aliphatic carbocycles. The number of carbonyl (C=O) groups excluding carboxylic acids is 2. The van der Waals surface area contributed by atoms with Gasteiger partial charge in [-0.05, 0) is 39.0 Å². The molecule has 0 saturated carbocycles. The van der Waals surface area contributed by atoms with Crippen molar-refractivity contribution < 1.29 is 14.3 Å². The summed E-state index contributed by atoms with van der Waals surface area (Å²) in [6, 6.07) is 7.63. The molecular weight excluding hydrogens is 332 g/mol. The van der Waals surface area contributed by atoms with Gasteiger partial charge in [0.2, 0.25) is 0 Å². The molecule has 2 aromatic rings. The van der Waals surface area contributed by atoms with Crippen molar-refractivity contribution in [2.24, 2.45) is 0 Å². The van der Waals surface area contributed by atoms with Crippen molar-refractivity contribution in [3.8, 4) is 5.82 Å². The first-order valence-corrected chi connectivity index (χ1v) is 8.84. The summed E-state index contributed by atoms with van der Waals surface area (Å²) in [5.74, 6) is 0.789. The summed E-state index contributed by atoms with van der Waals surface area (Å²) in [5.41, 5.74) is 2.52. The Hall–Kier alpha value is -2.83. The average Bonchev–Trinajstić information content (AvgIpc) is 2.96. The van der Waals surface area contributed by atoms with E-state index in [0.29, 0.717) is 38.3 Å². The molecule has 0 radical (unpaired) electrons. The molecular formula is C19H24N4O3. The van der Waals surface area contributed by atoms with Gasteiger partial charge < -0.3 is 19.1 Å². The molecule has 0 atom stereocenters. The maximum Gasteiger partial charge on any atom is 0.409 e. The number of aromatic nitrogens is 2. The maximum absolute atomic E-state index is 13.0. The molecule has 1 aliphatic rings. The van der Waals surface area contributed by atoms with Crippen molar-refractivity contribution in [2.75, 3.05) is 32.8 Å². The van der Waals surface area contributed by atoms with E-state index in [0.717, 1.165) is 17.2 Å². The minimum Gasteiger partial charge on any atom is -0.450 e. The van der Waals surface area contributed by atoms with Crippen LogP contribution in [0.5, 0.6) is 0 Å². The topological polar surface area (TPSA) is 67.7 Å². The Morgan fingerprint density at radius 1 is 1.12 bits per heavy atom. The maximum atomic E-state index is 13.0. The number of piperazine rings is 1. The summed E-state index contributed by atoms with van der Waals surface area (Å²) < 4.78 is 7.01. The molecule has 138 valence electrons. The smallest absolute Gasteiger partial charge is 0.409 e. The molecule has 2 amide bonds. The zero-order valence-corrected chi connectivity index (χ0v) is 15.4. The number of carbonyl (C=O) groups is 2. The molecule has 1 saturated heterocycles. The highest BCUT2D eigenvalue weighted by Gasteiger charge is 2.27. The van der Waals surface area contributed by atoms with Crippen LogP contribution in [0.15, 0.2) is 30.5 Å². The van der Waals surface area contributed by atoms with Gasteiger partial charge in [0.05, 0.1) is 12.2 Å². The lowest BCUT2D eigenvalue weighted by molar-refractivity contribution is 0.0570. The van der Waals surface area contributed by atoms with Crippen molar-refractivity contribution in [1.29, 1.82) is 0 Å². The lowest BCUT2D eigenvalue weighted by Gasteiger charge is -2.34. The van der Waals surface area contributed by atoms with Crippen LogP contribution < -0.4 is 0 Å². The van der Waals surface area contributed by atoms with Crippen LogP contribution in [-0.4, -0.2) is 64.1 Å². The van der Waals surface area contributed by atoms with Crippen molar-refractivity contribution in [1.82, 2.24) is 19.4 Å². The van der Waals surface area contributed by atoms with Crippen LogP contribution in [0.2, 0.25) is 0 Å². The highest BCUT2D eigenvalue weighted by atomic mass is 16.6. The summed E-state index contributed by atoms with van der Waals surface area (Å²) in [6.45, 7) is 8.04. The Morgan fingerprint density at radius 3 is 2.42 bits per heavy atom. The molecule has 3 rings (SSSR count). The number of hydrogen-bond donors (Lipinski definition) is 0. The van der Waals surface area contributed by atoms with Gasteiger partial charge in [-0.2, -0.15) is 0 Å². The monoisotopic (exact) mass is 356 g/mol. The van der Waals surface area contributed by atoms with Crippen molar-refractivity contribution in [2.45, 2.75) is 20.8 Å². The van der Waals surface area contributed by atoms with E-state index in [1.54, 1.807) is 22.9 Å². The number of ether oxygens (including phenoxy) is 1. The summed E-state index contributed by atoms with van der Waals surface area (Å²) in [6.07, 6.45) is 1.43. The number of amides is 2. The highest BCUT2D eigenvalue weighted by Crippen LogP contribution is 2.21. The fraction of sp³-hybridized carbons (Fsp3) is 0.421. The molecule has 0 aromatic carbocycles. The van der Waals surface area contributed by atoms with Crippen LogP contribution in [-0.2, 0) is 4.74 Å². The molecule has 7 heteroatoms. The van der Waals surface area contributed by atoms with Crippen LogP contribution in [0.25, 0.3) is 5.82 Å². The average molecular weight is 356 g/mol. The molecule has 7 nitrogen and oxygen atoms in total. The Bertz CT molecular complexity index is 793. The number of rotatable bonds is 3. The third-order valence-electron chi connectivity index (χ3n) is 4.63. The zero-order valence-electron chi connectivity index (χ0n) is 15.4. The van der Waals surface area contributed by atoms with Gasteiger partial charge in [0.1, 0.15) is 5.82 Å². The standard InChI is InChI=1S/C19H24N4O3/c1-4-26-19(25)22-11-9-21(10-12-22)18(24)16-13-14(2)23(15(16)3)17-7-5-6-8-20-17/h5-8,13H,4,9-12H2,1-3H3. The second-order valence-corrected chi connectivity index (χ2v) is 6.29. The van der Waals surface area contributed by atoms with Gasteiger partial charge >= 0.3 is 6.09 Å². The fourth-order valence-electron chi connectivity index (χ4n) is 3.30. The third kappa shape index (κ3) is 3.42. The molecule has 3 heterocycles. The minimum atomic E-state index is -0.312. The predicted molar refractivity (Wildman–Crippen MR) is 97.5 cm³/mol. The molecule has 0 spiro atoms. The van der Waals surface area contributed by atoms with E-state index >= 15 is 0 Å². The summed E-state index contributed by atoms with van der Waals surface area (Å²) in [5, 5.41) is 0. The minimum absolute atomic E-state index is 0.0104. The van der Waals surface area contributed by atoms with Crippen LogP contribution in [0.4, 0.5) is 4.79 Å². The van der Waals surface area contributed by atoms with E-state index in [-0.39, 0.29) is 12.0 Å². The largest absolute Gasteiger partial charge is 0.450 e.